The van der Waals surface area contributed by atoms with E-state index in [2.05, 4.69) is 5.16 Å². The third-order valence-corrected chi connectivity index (χ3v) is 2.05. The van der Waals surface area contributed by atoms with Crippen LogP contribution in [0.4, 0.5) is 5.88 Å². The van der Waals surface area contributed by atoms with Gasteiger partial charge in [-0.3, -0.25) is 0 Å². The highest BCUT2D eigenvalue weighted by atomic mass is 16.6. The normalized spacial score (nSPS) is 21.2. The first-order chi connectivity index (χ1) is 6.79. The van der Waals surface area contributed by atoms with Crippen LogP contribution >= 0.6 is 0 Å². The van der Waals surface area contributed by atoms with Gasteiger partial charge in [0.15, 0.2) is 12.0 Å². The van der Waals surface area contributed by atoms with E-state index in [-0.39, 0.29) is 6.10 Å². The summed E-state index contributed by atoms with van der Waals surface area (Å²) >= 11 is 0. The van der Waals surface area contributed by atoms with Crippen molar-refractivity contribution in [2.75, 3.05) is 5.73 Å². The van der Waals surface area contributed by atoms with Crippen molar-refractivity contribution in [1.29, 1.82) is 0 Å². The zero-order valence-corrected chi connectivity index (χ0v) is 7.93. The van der Waals surface area contributed by atoms with E-state index in [4.69, 9.17) is 15.0 Å². The van der Waals surface area contributed by atoms with Gasteiger partial charge in [-0.05, 0) is 13.0 Å². The van der Waals surface area contributed by atoms with E-state index in [1.807, 2.05) is 19.1 Å². The fraction of sp³-hybridized carbons (Fsp3) is 0.300. The Bertz CT molecular complexity index is 379. The van der Waals surface area contributed by atoms with Gasteiger partial charge in [0.25, 0.3) is 0 Å². The molecule has 74 valence electrons. The fourth-order valence-corrected chi connectivity index (χ4v) is 1.39. The average Bonchev–Trinajstić information content (AvgIpc) is 2.74. The standard InChI is InChI=1S/C10H12N2O2/c1-2-3-8-5-9(12-14-8)7-4-10(11)13-6-7/h2-4,6,8H,5,11H2,1H3/b3-2+. The third kappa shape index (κ3) is 1.64. The number of nitrogens with two attached hydrogens (primary N) is 1. The second-order valence-electron chi connectivity index (χ2n) is 3.15. The van der Waals surface area contributed by atoms with Crippen LogP contribution < -0.4 is 5.73 Å². The number of allylic oxidation sites excluding steroid dienone is 1. The molecule has 2 heterocycles. The van der Waals surface area contributed by atoms with Crippen LogP contribution in [0, 0.1) is 0 Å². The topological polar surface area (TPSA) is 60.8 Å². The summed E-state index contributed by atoms with van der Waals surface area (Å²) in [6.45, 7) is 1.96. The van der Waals surface area contributed by atoms with E-state index in [1.165, 1.54) is 0 Å². The van der Waals surface area contributed by atoms with Crippen LogP contribution in [0.3, 0.4) is 0 Å². The summed E-state index contributed by atoms with van der Waals surface area (Å²) in [5, 5.41) is 3.97. The van der Waals surface area contributed by atoms with Crippen molar-refractivity contribution in [1.82, 2.24) is 0 Å². The van der Waals surface area contributed by atoms with Gasteiger partial charge in [-0.15, -0.1) is 0 Å². The van der Waals surface area contributed by atoms with E-state index in [0.29, 0.717) is 5.88 Å². The number of rotatable bonds is 2. The van der Waals surface area contributed by atoms with Crippen LogP contribution in [0.5, 0.6) is 0 Å². The second-order valence-corrected chi connectivity index (χ2v) is 3.15. The number of nitrogens with zero attached hydrogens (tertiary/aromatic N) is 1. The van der Waals surface area contributed by atoms with Crippen molar-refractivity contribution < 1.29 is 9.25 Å². The Morgan fingerprint density at radius 1 is 1.64 bits per heavy atom. The molecule has 0 saturated carbocycles. The molecule has 0 bridgehead atoms. The van der Waals surface area contributed by atoms with Gasteiger partial charge in [0.1, 0.15) is 6.26 Å². The van der Waals surface area contributed by atoms with Crippen molar-refractivity contribution in [3.8, 4) is 0 Å². The van der Waals surface area contributed by atoms with E-state index in [1.54, 1.807) is 12.3 Å². The van der Waals surface area contributed by atoms with E-state index < -0.39 is 0 Å². The lowest BCUT2D eigenvalue weighted by atomic mass is 10.1. The highest BCUT2D eigenvalue weighted by molar-refractivity contribution is 6.01. The Balaban J connectivity index is 2.08. The molecule has 4 heteroatoms. The molecule has 4 nitrogen and oxygen atoms in total. The molecule has 0 aliphatic carbocycles. The Labute approximate surface area is 82.0 Å². The predicted octanol–water partition coefficient (Wildman–Crippen LogP) is 1.93. The fourth-order valence-electron chi connectivity index (χ4n) is 1.39. The maximum atomic E-state index is 5.46. The molecule has 1 atom stereocenters. The zero-order valence-electron chi connectivity index (χ0n) is 7.93. The van der Waals surface area contributed by atoms with Crippen LogP contribution in [-0.2, 0) is 4.84 Å². The number of hydrogen-bond acceptors (Lipinski definition) is 4. The number of anilines is 1. The second kappa shape index (κ2) is 3.57. The molecule has 2 rings (SSSR count). The first-order valence-corrected chi connectivity index (χ1v) is 4.49. The molecule has 0 saturated heterocycles. The molecule has 0 aromatic carbocycles. The van der Waals surface area contributed by atoms with Crippen LogP contribution in [0.1, 0.15) is 18.9 Å². The molecule has 1 aromatic heterocycles. The van der Waals surface area contributed by atoms with Crippen molar-refractivity contribution in [3.05, 3.63) is 30.0 Å². The highest BCUT2D eigenvalue weighted by Crippen LogP contribution is 2.19. The lowest BCUT2D eigenvalue weighted by Gasteiger charge is -1.98. The van der Waals surface area contributed by atoms with Crippen LogP contribution in [-0.4, -0.2) is 11.8 Å². The molecular formula is C10H12N2O2. The predicted molar refractivity (Wildman–Crippen MR) is 54.0 cm³/mol. The van der Waals surface area contributed by atoms with Gasteiger partial charge in [0.2, 0.25) is 0 Å². The smallest absolute Gasteiger partial charge is 0.190 e. The van der Waals surface area contributed by atoms with Gasteiger partial charge >= 0.3 is 0 Å². The Kier molecular flexibility index (Phi) is 2.26. The van der Waals surface area contributed by atoms with Crippen LogP contribution in [0.25, 0.3) is 0 Å². The molecule has 0 amide bonds. The Morgan fingerprint density at radius 2 is 2.50 bits per heavy atom. The van der Waals surface area contributed by atoms with Crippen LogP contribution in [0.15, 0.2) is 34.1 Å². The molecule has 1 unspecified atom stereocenters. The summed E-state index contributed by atoms with van der Waals surface area (Å²) in [7, 11) is 0. The molecule has 1 aliphatic rings. The largest absolute Gasteiger partial charge is 0.449 e. The van der Waals surface area contributed by atoms with Crippen molar-refractivity contribution in [2.24, 2.45) is 5.16 Å². The van der Waals surface area contributed by atoms with Crippen molar-refractivity contribution in [3.63, 3.8) is 0 Å². The molecule has 1 aromatic rings. The first-order valence-electron chi connectivity index (χ1n) is 4.49. The molecule has 2 N–H and O–H groups in total. The summed E-state index contributed by atoms with van der Waals surface area (Å²) in [5.74, 6) is 0.400. The molecule has 0 radical (unpaired) electrons. The third-order valence-electron chi connectivity index (χ3n) is 2.05. The molecule has 0 spiro atoms. The number of nitrogen functional groups attached to an aromatic ring is 1. The van der Waals surface area contributed by atoms with Gasteiger partial charge in [-0.1, -0.05) is 11.2 Å². The van der Waals surface area contributed by atoms with Gasteiger partial charge in [-0.25, -0.2) is 0 Å². The van der Waals surface area contributed by atoms with Crippen LogP contribution in [0.2, 0.25) is 0 Å². The minimum atomic E-state index is 0.0473. The number of oxime groups is 1. The highest BCUT2D eigenvalue weighted by Gasteiger charge is 2.20. The average molecular weight is 192 g/mol. The molecular weight excluding hydrogens is 180 g/mol. The van der Waals surface area contributed by atoms with Crippen molar-refractivity contribution >= 4 is 11.6 Å². The Morgan fingerprint density at radius 3 is 3.14 bits per heavy atom. The molecule has 14 heavy (non-hydrogen) atoms. The summed E-state index contributed by atoms with van der Waals surface area (Å²) in [6.07, 6.45) is 6.33. The maximum Gasteiger partial charge on any atom is 0.190 e. The van der Waals surface area contributed by atoms with Gasteiger partial charge in [0, 0.05) is 18.1 Å². The SMILES string of the molecule is C/C=C/C1CC(c2coc(N)c2)=NO1. The number of hydrogen-bond donors (Lipinski definition) is 1. The number of furan rings is 1. The quantitative estimate of drug-likeness (QED) is 0.728. The summed E-state index contributed by atoms with van der Waals surface area (Å²) in [6, 6.07) is 1.75. The maximum absolute atomic E-state index is 5.46. The first kappa shape index (κ1) is 8.87. The van der Waals surface area contributed by atoms with Gasteiger partial charge < -0.3 is 15.0 Å². The van der Waals surface area contributed by atoms with E-state index in [0.717, 1.165) is 17.7 Å². The lowest BCUT2D eigenvalue weighted by Crippen LogP contribution is -2.03. The molecule has 0 fully saturated rings. The summed E-state index contributed by atoms with van der Waals surface area (Å²) < 4.78 is 5.00. The van der Waals surface area contributed by atoms with E-state index >= 15 is 0 Å². The van der Waals surface area contributed by atoms with E-state index in [9.17, 15) is 0 Å². The zero-order chi connectivity index (χ0) is 9.97. The summed E-state index contributed by atoms with van der Waals surface area (Å²) in [5.41, 5.74) is 7.24. The van der Waals surface area contributed by atoms with Crippen molar-refractivity contribution in [2.45, 2.75) is 19.4 Å². The minimum absolute atomic E-state index is 0.0473. The monoisotopic (exact) mass is 192 g/mol. The van der Waals surface area contributed by atoms with Gasteiger partial charge in [0.05, 0.1) is 5.71 Å². The summed E-state index contributed by atoms with van der Waals surface area (Å²) in [4.78, 5) is 5.19. The molecule has 1 aliphatic heterocycles. The van der Waals surface area contributed by atoms with Gasteiger partial charge in [-0.2, -0.15) is 0 Å². The lowest BCUT2D eigenvalue weighted by molar-refractivity contribution is 0.120. The minimum Gasteiger partial charge on any atom is -0.449 e. The Hall–Kier alpha value is -1.71.